The minimum atomic E-state index is -0.345. The molecule has 0 N–H and O–H groups in total. The summed E-state index contributed by atoms with van der Waals surface area (Å²) in [5.41, 5.74) is 2.44. The summed E-state index contributed by atoms with van der Waals surface area (Å²) >= 11 is 3.34. The van der Waals surface area contributed by atoms with E-state index in [-0.39, 0.29) is 5.97 Å². The van der Waals surface area contributed by atoms with Crippen LogP contribution >= 0.6 is 15.9 Å². The predicted octanol–water partition coefficient (Wildman–Crippen LogP) is 2.69. The number of carbonyl (C=O) groups is 1. The van der Waals surface area contributed by atoms with E-state index >= 15 is 0 Å². The van der Waals surface area contributed by atoms with Crippen LogP contribution in [0.4, 0.5) is 0 Å². The van der Waals surface area contributed by atoms with E-state index in [0.717, 1.165) is 11.1 Å². The van der Waals surface area contributed by atoms with Crippen LogP contribution in [0.15, 0.2) is 12.1 Å². The van der Waals surface area contributed by atoms with Gasteiger partial charge in [-0.05, 0) is 24.1 Å². The maximum absolute atomic E-state index is 11.5. The van der Waals surface area contributed by atoms with Crippen LogP contribution in [0.1, 0.15) is 21.5 Å². The van der Waals surface area contributed by atoms with Crippen LogP contribution in [0.2, 0.25) is 0 Å². The number of benzene rings is 1. The number of hydrogen-bond donors (Lipinski definition) is 0. The lowest BCUT2D eigenvalue weighted by molar-refractivity contribution is 0.0599. The summed E-state index contributed by atoms with van der Waals surface area (Å²) in [4.78, 5) is 11.5. The summed E-state index contributed by atoms with van der Waals surface area (Å²) in [6.45, 7) is 1.94. The van der Waals surface area contributed by atoms with Crippen LogP contribution in [0.25, 0.3) is 0 Å². The highest BCUT2D eigenvalue weighted by molar-refractivity contribution is 9.08. The summed E-state index contributed by atoms with van der Waals surface area (Å²) in [6, 6.07) is 3.62. The van der Waals surface area contributed by atoms with Gasteiger partial charge in [-0.3, -0.25) is 0 Å². The van der Waals surface area contributed by atoms with E-state index in [1.165, 1.54) is 7.11 Å². The molecule has 4 heteroatoms. The average Bonchev–Trinajstić information content (AvgIpc) is 2.27. The summed E-state index contributed by atoms with van der Waals surface area (Å²) in [7, 11) is 2.95. The first-order valence-corrected chi connectivity index (χ1v) is 5.58. The van der Waals surface area contributed by atoms with E-state index < -0.39 is 0 Å². The SMILES string of the molecule is COC(=O)c1cc(OC)c(C)cc1CBr. The molecule has 0 atom stereocenters. The lowest BCUT2D eigenvalue weighted by atomic mass is 10.0. The smallest absolute Gasteiger partial charge is 0.338 e. The van der Waals surface area contributed by atoms with Gasteiger partial charge < -0.3 is 9.47 Å². The molecule has 0 amide bonds. The Morgan fingerprint density at radius 3 is 2.53 bits per heavy atom. The van der Waals surface area contributed by atoms with Crippen LogP contribution in [-0.4, -0.2) is 20.2 Å². The highest BCUT2D eigenvalue weighted by Crippen LogP contribution is 2.25. The zero-order valence-corrected chi connectivity index (χ0v) is 10.6. The van der Waals surface area contributed by atoms with Crippen LogP contribution < -0.4 is 4.74 Å². The number of esters is 1. The van der Waals surface area contributed by atoms with Crippen molar-refractivity contribution >= 4 is 21.9 Å². The van der Waals surface area contributed by atoms with E-state index in [1.807, 2.05) is 13.0 Å². The van der Waals surface area contributed by atoms with E-state index in [4.69, 9.17) is 9.47 Å². The molecular weight excluding hydrogens is 260 g/mol. The number of hydrogen-bond acceptors (Lipinski definition) is 3. The second kappa shape index (κ2) is 5.16. The van der Waals surface area contributed by atoms with E-state index in [0.29, 0.717) is 16.6 Å². The maximum Gasteiger partial charge on any atom is 0.338 e. The largest absolute Gasteiger partial charge is 0.496 e. The van der Waals surface area contributed by atoms with Crippen molar-refractivity contribution in [1.82, 2.24) is 0 Å². The average molecular weight is 273 g/mol. The Morgan fingerprint density at radius 1 is 1.40 bits per heavy atom. The number of halogens is 1. The fraction of sp³-hybridized carbons (Fsp3) is 0.364. The number of ether oxygens (including phenoxy) is 2. The van der Waals surface area contributed by atoms with Gasteiger partial charge in [-0.25, -0.2) is 4.79 Å². The third-order valence-electron chi connectivity index (χ3n) is 2.17. The fourth-order valence-corrected chi connectivity index (χ4v) is 1.84. The fourth-order valence-electron chi connectivity index (χ4n) is 1.38. The van der Waals surface area contributed by atoms with Crippen LogP contribution in [0.5, 0.6) is 5.75 Å². The number of alkyl halides is 1. The molecule has 15 heavy (non-hydrogen) atoms. The van der Waals surface area contributed by atoms with Gasteiger partial charge in [-0.2, -0.15) is 0 Å². The predicted molar refractivity (Wildman–Crippen MR) is 61.7 cm³/mol. The minimum Gasteiger partial charge on any atom is -0.496 e. The second-order valence-electron chi connectivity index (χ2n) is 3.10. The minimum absolute atomic E-state index is 0.345. The maximum atomic E-state index is 11.5. The highest BCUT2D eigenvalue weighted by atomic mass is 79.9. The molecule has 0 unspecified atom stereocenters. The molecule has 0 aliphatic rings. The summed E-state index contributed by atoms with van der Waals surface area (Å²) in [5.74, 6) is 0.350. The number of methoxy groups -OCH3 is 2. The first-order chi connectivity index (χ1) is 7.13. The first-order valence-electron chi connectivity index (χ1n) is 4.45. The molecule has 82 valence electrons. The molecule has 0 radical (unpaired) electrons. The lowest BCUT2D eigenvalue weighted by Crippen LogP contribution is -2.06. The van der Waals surface area contributed by atoms with Crippen molar-refractivity contribution in [2.75, 3.05) is 14.2 Å². The molecule has 0 bridgehead atoms. The zero-order chi connectivity index (χ0) is 11.4. The van der Waals surface area contributed by atoms with Crippen LogP contribution in [-0.2, 0) is 10.1 Å². The summed E-state index contributed by atoms with van der Waals surface area (Å²) in [5, 5.41) is 0.613. The quantitative estimate of drug-likeness (QED) is 0.627. The molecule has 0 fully saturated rings. The molecule has 0 saturated heterocycles. The Morgan fingerprint density at radius 2 is 2.07 bits per heavy atom. The van der Waals surface area contributed by atoms with Gasteiger partial charge in [0.25, 0.3) is 0 Å². The van der Waals surface area contributed by atoms with Gasteiger partial charge >= 0.3 is 5.97 Å². The van der Waals surface area contributed by atoms with Crippen LogP contribution in [0, 0.1) is 6.92 Å². The van der Waals surface area contributed by atoms with Crippen molar-refractivity contribution in [2.24, 2.45) is 0 Å². The molecule has 0 spiro atoms. The van der Waals surface area contributed by atoms with Gasteiger partial charge in [-0.15, -0.1) is 0 Å². The van der Waals surface area contributed by atoms with E-state index in [9.17, 15) is 4.79 Å². The highest BCUT2D eigenvalue weighted by Gasteiger charge is 2.14. The molecule has 1 aromatic rings. The number of carbonyl (C=O) groups excluding carboxylic acids is 1. The Hall–Kier alpha value is -1.03. The molecule has 0 aliphatic carbocycles. The van der Waals surface area contributed by atoms with Crippen molar-refractivity contribution in [1.29, 1.82) is 0 Å². The second-order valence-corrected chi connectivity index (χ2v) is 3.66. The zero-order valence-electron chi connectivity index (χ0n) is 8.96. The molecule has 3 nitrogen and oxygen atoms in total. The van der Waals surface area contributed by atoms with Gasteiger partial charge in [0, 0.05) is 5.33 Å². The third-order valence-corrected chi connectivity index (χ3v) is 2.77. The van der Waals surface area contributed by atoms with Crippen molar-refractivity contribution in [3.05, 3.63) is 28.8 Å². The summed E-state index contributed by atoms with van der Waals surface area (Å²) < 4.78 is 9.86. The van der Waals surface area contributed by atoms with E-state index in [1.54, 1.807) is 13.2 Å². The third kappa shape index (κ3) is 2.50. The standard InChI is InChI=1S/C11H13BrO3/c1-7-4-8(6-12)9(11(13)15-3)5-10(7)14-2/h4-5H,6H2,1-3H3. The summed E-state index contributed by atoms with van der Waals surface area (Å²) in [6.07, 6.45) is 0. The number of aryl methyl sites for hydroxylation is 1. The first kappa shape index (κ1) is 12.0. The molecule has 0 heterocycles. The normalized spacial score (nSPS) is 9.87. The monoisotopic (exact) mass is 272 g/mol. The number of rotatable bonds is 3. The molecule has 0 aliphatic heterocycles. The molecule has 0 saturated carbocycles. The van der Waals surface area contributed by atoms with Crippen LogP contribution in [0.3, 0.4) is 0 Å². The molecule has 1 aromatic carbocycles. The van der Waals surface area contributed by atoms with Crippen molar-refractivity contribution < 1.29 is 14.3 Å². The van der Waals surface area contributed by atoms with Gasteiger partial charge in [0.1, 0.15) is 5.75 Å². The van der Waals surface area contributed by atoms with Gasteiger partial charge in [-0.1, -0.05) is 22.0 Å². The van der Waals surface area contributed by atoms with Crippen molar-refractivity contribution in [2.45, 2.75) is 12.3 Å². The van der Waals surface area contributed by atoms with Gasteiger partial charge in [0.05, 0.1) is 19.8 Å². The molecular formula is C11H13BrO3. The van der Waals surface area contributed by atoms with Crippen molar-refractivity contribution in [3.63, 3.8) is 0 Å². The topological polar surface area (TPSA) is 35.5 Å². The Labute approximate surface area is 97.5 Å². The molecule has 1 rings (SSSR count). The Balaban J connectivity index is 3.28. The Kier molecular flexibility index (Phi) is 4.15. The van der Waals surface area contributed by atoms with E-state index in [2.05, 4.69) is 15.9 Å². The van der Waals surface area contributed by atoms with Gasteiger partial charge in [0.2, 0.25) is 0 Å². The van der Waals surface area contributed by atoms with Crippen molar-refractivity contribution in [3.8, 4) is 5.75 Å². The van der Waals surface area contributed by atoms with Gasteiger partial charge in [0.15, 0.2) is 0 Å². The molecule has 0 aromatic heterocycles. The Bertz CT molecular complexity index is 374. The lowest BCUT2D eigenvalue weighted by Gasteiger charge is -2.10.